The molecule has 3 aromatic rings. The second-order valence-electron chi connectivity index (χ2n) is 5.22. The Kier molecular flexibility index (Phi) is 4.29. The highest BCUT2D eigenvalue weighted by Crippen LogP contribution is 2.21. The fourth-order valence-corrected chi connectivity index (χ4v) is 2.57. The molecule has 0 bridgehead atoms. The van der Waals surface area contributed by atoms with E-state index in [1.54, 1.807) is 0 Å². The molecule has 4 rings (SSSR count). The van der Waals surface area contributed by atoms with Gasteiger partial charge in [0.25, 0.3) is 0 Å². The third kappa shape index (κ3) is 3.17. The summed E-state index contributed by atoms with van der Waals surface area (Å²) in [6.07, 6.45) is 3.93. The van der Waals surface area contributed by atoms with Crippen molar-refractivity contribution in [1.82, 2.24) is 0 Å². The van der Waals surface area contributed by atoms with Crippen molar-refractivity contribution in [2.24, 2.45) is 0 Å². The first kappa shape index (κ1) is 13.1. The lowest BCUT2D eigenvalue weighted by molar-refractivity contribution is 0.0968. The molecule has 0 amide bonds. The second-order valence-corrected chi connectivity index (χ2v) is 5.22. The number of rotatable bonds is 0. The molecule has 0 atom stereocenters. The highest BCUT2D eigenvalue weighted by atomic mass is 16.5. The molecule has 1 heteroatoms. The molecule has 0 spiro atoms. The number of hydrogen-bond acceptors (Lipinski definition) is 1. The highest BCUT2D eigenvalue weighted by molar-refractivity contribution is 5.98. The van der Waals surface area contributed by atoms with Crippen LogP contribution < -0.4 is 0 Å². The van der Waals surface area contributed by atoms with Gasteiger partial charge in [-0.3, -0.25) is 0 Å². The highest BCUT2D eigenvalue weighted by Gasteiger charge is 1.95. The Morgan fingerprint density at radius 1 is 0.550 bits per heavy atom. The van der Waals surface area contributed by atoms with Crippen molar-refractivity contribution < 1.29 is 4.74 Å². The van der Waals surface area contributed by atoms with Crippen LogP contribution in [-0.2, 0) is 4.74 Å². The number of fused-ring (bicyclic) bond motifs is 2. The van der Waals surface area contributed by atoms with Gasteiger partial charge in [0.05, 0.1) is 0 Å². The lowest BCUT2D eigenvalue weighted by Gasteiger charge is -2.08. The molecule has 0 saturated carbocycles. The fourth-order valence-electron chi connectivity index (χ4n) is 2.57. The third-order valence-corrected chi connectivity index (χ3v) is 3.69. The van der Waals surface area contributed by atoms with Gasteiger partial charge in [-0.15, -0.1) is 0 Å². The SMILES string of the molecule is C1CCOCC1.c1ccc2cc3ccccc3cc2c1. The molecular weight excluding hydrogens is 244 g/mol. The zero-order valence-corrected chi connectivity index (χ0v) is 11.7. The van der Waals surface area contributed by atoms with Gasteiger partial charge in [-0.05, 0) is 52.9 Å². The van der Waals surface area contributed by atoms with Gasteiger partial charge in [0, 0.05) is 13.2 Å². The van der Waals surface area contributed by atoms with Crippen molar-refractivity contribution in [2.75, 3.05) is 13.2 Å². The molecule has 1 aliphatic heterocycles. The minimum absolute atomic E-state index is 1.00. The van der Waals surface area contributed by atoms with Crippen LogP contribution in [0, 0.1) is 0 Å². The van der Waals surface area contributed by atoms with Crippen molar-refractivity contribution in [3.05, 3.63) is 60.7 Å². The molecule has 3 aromatic carbocycles. The number of hydrogen-bond donors (Lipinski definition) is 0. The van der Waals surface area contributed by atoms with Crippen molar-refractivity contribution in [3.8, 4) is 0 Å². The van der Waals surface area contributed by atoms with Crippen LogP contribution in [0.3, 0.4) is 0 Å². The van der Waals surface area contributed by atoms with E-state index < -0.39 is 0 Å². The molecule has 0 aliphatic carbocycles. The Hall–Kier alpha value is -1.86. The molecule has 0 N–H and O–H groups in total. The van der Waals surface area contributed by atoms with Crippen LogP contribution in [0.1, 0.15) is 19.3 Å². The van der Waals surface area contributed by atoms with Gasteiger partial charge < -0.3 is 4.74 Å². The van der Waals surface area contributed by atoms with Crippen LogP contribution in [0.5, 0.6) is 0 Å². The molecular formula is C19H20O. The topological polar surface area (TPSA) is 9.23 Å². The molecule has 0 unspecified atom stereocenters. The normalized spacial score (nSPS) is 14.8. The van der Waals surface area contributed by atoms with Crippen molar-refractivity contribution in [1.29, 1.82) is 0 Å². The summed E-state index contributed by atoms with van der Waals surface area (Å²) in [6.45, 7) is 2.00. The van der Waals surface area contributed by atoms with Crippen molar-refractivity contribution >= 4 is 21.5 Å². The molecule has 20 heavy (non-hydrogen) atoms. The van der Waals surface area contributed by atoms with Gasteiger partial charge in [0.2, 0.25) is 0 Å². The monoisotopic (exact) mass is 264 g/mol. The van der Waals surface area contributed by atoms with E-state index in [-0.39, 0.29) is 0 Å². The van der Waals surface area contributed by atoms with E-state index in [4.69, 9.17) is 4.74 Å². The maximum absolute atomic E-state index is 5.07. The maximum Gasteiger partial charge on any atom is 0.0466 e. The number of benzene rings is 3. The first-order valence-electron chi connectivity index (χ1n) is 7.39. The van der Waals surface area contributed by atoms with Gasteiger partial charge in [0.15, 0.2) is 0 Å². The summed E-state index contributed by atoms with van der Waals surface area (Å²) in [5, 5.41) is 5.25. The smallest absolute Gasteiger partial charge is 0.0466 e. The lowest BCUT2D eigenvalue weighted by Crippen LogP contribution is -2.03. The summed E-state index contributed by atoms with van der Waals surface area (Å²) in [5.74, 6) is 0. The van der Waals surface area contributed by atoms with E-state index in [0.717, 1.165) is 13.2 Å². The first-order chi connectivity index (χ1) is 9.93. The Labute approximate surface area is 120 Å². The van der Waals surface area contributed by atoms with Gasteiger partial charge in [-0.25, -0.2) is 0 Å². The predicted octanol–water partition coefficient (Wildman–Crippen LogP) is 5.18. The van der Waals surface area contributed by atoms with Crippen LogP contribution in [0.4, 0.5) is 0 Å². The Balaban J connectivity index is 0.000000170. The molecule has 0 radical (unpaired) electrons. The standard InChI is InChI=1S/C14H10.C5H10O/c1-2-6-12-10-14-8-4-3-7-13(14)9-11(12)5-1;1-2-4-6-5-3-1/h1-10H;1-5H2. The van der Waals surface area contributed by atoms with Crippen molar-refractivity contribution in [3.63, 3.8) is 0 Å². The van der Waals surface area contributed by atoms with E-state index in [1.165, 1.54) is 40.8 Å². The van der Waals surface area contributed by atoms with E-state index in [0.29, 0.717) is 0 Å². The molecule has 1 aliphatic rings. The van der Waals surface area contributed by atoms with Gasteiger partial charge in [0.1, 0.15) is 0 Å². The van der Waals surface area contributed by atoms with E-state index in [1.807, 2.05) is 0 Å². The summed E-state index contributed by atoms with van der Waals surface area (Å²) >= 11 is 0. The maximum atomic E-state index is 5.07. The largest absolute Gasteiger partial charge is 0.381 e. The Morgan fingerprint density at radius 3 is 1.20 bits per heavy atom. The van der Waals surface area contributed by atoms with Crippen LogP contribution >= 0.6 is 0 Å². The van der Waals surface area contributed by atoms with Crippen LogP contribution in [-0.4, -0.2) is 13.2 Å². The molecule has 102 valence electrons. The zero-order valence-electron chi connectivity index (χ0n) is 11.7. The van der Waals surface area contributed by atoms with Gasteiger partial charge in [-0.1, -0.05) is 48.5 Å². The fraction of sp³-hybridized carbons (Fsp3) is 0.263. The van der Waals surface area contributed by atoms with Crippen LogP contribution in [0.15, 0.2) is 60.7 Å². The summed E-state index contributed by atoms with van der Waals surface area (Å²) < 4.78 is 5.07. The van der Waals surface area contributed by atoms with E-state index in [9.17, 15) is 0 Å². The van der Waals surface area contributed by atoms with Crippen molar-refractivity contribution in [2.45, 2.75) is 19.3 Å². The Morgan fingerprint density at radius 2 is 0.950 bits per heavy atom. The first-order valence-corrected chi connectivity index (χ1v) is 7.39. The minimum atomic E-state index is 1.00. The summed E-state index contributed by atoms with van der Waals surface area (Å²) in [4.78, 5) is 0. The number of ether oxygens (including phenoxy) is 1. The lowest BCUT2D eigenvalue weighted by atomic mass is 10.0. The third-order valence-electron chi connectivity index (χ3n) is 3.69. The van der Waals surface area contributed by atoms with E-state index in [2.05, 4.69) is 60.7 Å². The molecule has 0 aromatic heterocycles. The van der Waals surface area contributed by atoms with Gasteiger partial charge in [-0.2, -0.15) is 0 Å². The molecule has 1 nitrogen and oxygen atoms in total. The van der Waals surface area contributed by atoms with Crippen LogP contribution in [0.25, 0.3) is 21.5 Å². The molecule has 1 fully saturated rings. The molecule has 1 heterocycles. The van der Waals surface area contributed by atoms with Gasteiger partial charge >= 0.3 is 0 Å². The quantitative estimate of drug-likeness (QED) is 0.508. The summed E-state index contributed by atoms with van der Waals surface area (Å²) in [6, 6.07) is 21.4. The Bertz CT molecular complexity index is 567. The minimum Gasteiger partial charge on any atom is -0.381 e. The molecule has 1 saturated heterocycles. The van der Waals surface area contributed by atoms with Crippen LogP contribution in [0.2, 0.25) is 0 Å². The zero-order chi connectivity index (χ0) is 13.6. The second kappa shape index (κ2) is 6.53. The predicted molar refractivity (Wildman–Crippen MR) is 86.1 cm³/mol. The summed E-state index contributed by atoms with van der Waals surface area (Å²) in [5.41, 5.74) is 0. The average Bonchev–Trinajstić information content (AvgIpc) is 2.55. The summed E-state index contributed by atoms with van der Waals surface area (Å²) in [7, 11) is 0. The van der Waals surface area contributed by atoms with E-state index >= 15 is 0 Å². The average molecular weight is 264 g/mol.